The summed E-state index contributed by atoms with van der Waals surface area (Å²) in [5.74, 6) is -0.575. The maximum Gasteiger partial charge on any atom is 0.146 e. The summed E-state index contributed by atoms with van der Waals surface area (Å²) in [6.45, 7) is 4.24. The van der Waals surface area contributed by atoms with E-state index in [1.807, 2.05) is 18.2 Å². The molecule has 2 N–H and O–H groups in total. The van der Waals surface area contributed by atoms with E-state index in [2.05, 4.69) is 13.8 Å². The zero-order valence-electron chi connectivity index (χ0n) is 11.1. The highest BCUT2D eigenvalue weighted by atomic mass is 19.1. The summed E-state index contributed by atoms with van der Waals surface area (Å²) in [7, 11) is 0. The van der Waals surface area contributed by atoms with Crippen molar-refractivity contribution >= 4 is 5.69 Å². The molecule has 0 saturated carbocycles. The van der Waals surface area contributed by atoms with Gasteiger partial charge in [0.1, 0.15) is 11.6 Å². The molecule has 0 amide bonds. The van der Waals surface area contributed by atoms with E-state index in [1.54, 1.807) is 6.07 Å². The zero-order valence-corrected chi connectivity index (χ0v) is 11.1. The van der Waals surface area contributed by atoms with Crippen molar-refractivity contribution in [3.63, 3.8) is 0 Å². The molecule has 2 aromatic rings. The van der Waals surface area contributed by atoms with E-state index in [-0.39, 0.29) is 11.3 Å². The normalized spacial score (nSPS) is 11.0. The second kappa shape index (κ2) is 5.39. The Labute approximate surface area is 112 Å². The van der Waals surface area contributed by atoms with Crippen LogP contribution in [0.3, 0.4) is 0 Å². The number of nitrogens with two attached hydrogens (primary N) is 1. The number of hydrogen-bond acceptors (Lipinski definition) is 1. The molecule has 2 aromatic carbocycles. The molecule has 0 saturated heterocycles. The molecule has 0 radical (unpaired) electrons. The molecule has 3 heteroatoms. The standard InChI is InChI=1S/C16H17F2N/c1-10(2)6-11-4-3-5-12(7-11)13-8-15(18)16(19)9-14(13)17/h3-5,7-10H,6,19H2,1-2H3. The number of anilines is 1. The van der Waals surface area contributed by atoms with Crippen LogP contribution in [0.2, 0.25) is 0 Å². The number of halogens is 2. The molecule has 0 bridgehead atoms. The predicted octanol–water partition coefficient (Wildman–Crippen LogP) is 4.41. The first-order chi connectivity index (χ1) is 8.97. The molecule has 19 heavy (non-hydrogen) atoms. The summed E-state index contributed by atoms with van der Waals surface area (Å²) >= 11 is 0. The number of hydrogen-bond donors (Lipinski definition) is 1. The minimum absolute atomic E-state index is 0.167. The van der Waals surface area contributed by atoms with Gasteiger partial charge in [0.2, 0.25) is 0 Å². The van der Waals surface area contributed by atoms with Crippen LogP contribution in [0.15, 0.2) is 36.4 Å². The van der Waals surface area contributed by atoms with Gasteiger partial charge in [-0.2, -0.15) is 0 Å². The summed E-state index contributed by atoms with van der Waals surface area (Å²) in [6.07, 6.45) is 0.910. The van der Waals surface area contributed by atoms with Crippen LogP contribution in [0.1, 0.15) is 19.4 Å². The summed E-state index contributed by atoms with van der Waals surface area (Å²) in [6, 6.07) is 9.71. The van der Waals surface area contributed by atoms with Gasteiger partial charge in [-0.05, 0) is 29.5 Å². The largest absolute Gasteiger partial charge is 0.396 e. The van der Waals surface area contributed by atoms with Crippen molar-refractivity contribution in [2.75, 3.05) is 5.73 Å². The zero-order chi connectivity index (χ0) is 14.0. The van der Waals surface area contributed by atoms with Crippen molar-refractivity contribution in [2.45, 2.75) is 20.3 Å². The minimum atomic E-state index is -0.592. The van der Waals surface area contributed by atoms with E-state index < -0.39 is 11.6 Å². The Hall–Kier alpha value is -1.90. The van der Waals surface area contributed by atoms with Crippen LogP contribution in [0.25, 0.3) is 11.1 Å². The average Bonchev–Trinajstić information content (AvgIpc) is 2.33. The highest BCUT2D eigenvalue weighted by molar-refractivity contribution is 5.67. The third kappa shape index (κ3) is 3.11. The second-order valence-electron chi connectivity index (χ2n) is 5.15. The van der Waals surface area contributed by atoms with Gasteiger partial charge in [0.05, 0.1) is 5.69 Å². The second-order valence-corrected chi connectivity index (χ2v) is 5.15. The first-order valence-corrected chi connectivity index (χ1v) is 6.31. The van der Waals surface area contributed by atoms with Gasteiger partial charge in [0.25, 0.3) is 0 Å². The molecule has 0 atom stereocenters. The van der Waals surface area contributed by atoms with Crippen molar-refractivity contribution in [2.24, 2.45) is 5.92 Å². The van der Waals surface area contributed by atoms with Gasteiger partial charge >= 0.3 is 0 Å². The van der Waals surface area contributed by atoms with Gasteiger partial charge in [0, 0.05) is 11.6 Å². The summed E-state index contributed by atoms with van der Waals surface area (Å²) in [5, 5.41) is 0. The van der Waals surface area contributed by atoms with Crippen LogP contribution in [-0.2, 0) is 6.42 Å². The number of nitrogen functional groups attached to an aromatic ring is 1. The van der Waals surface area contributed by atoms with E-state index in [9.17, 15) is 8.78 Å². The molecular weight excluding hydrogens is 244 g/mol. The monoisotopic (exact) mass is 261 g/mol. The fourth-order valence-corrected chi connectivity index (χ4v) is 2.12. The van der Waals surface area contributed by atoms with Crippen LogP contribution in [0.5, 0.6) is 0 Å². The Balaban J connectivity index is 2.44. The maximum absolute atomic E-state index is 13.9. The van der Waals surface area contributed by atoms with Crippen molar-refractivity contribution < 1.29 is 8.78 Å². The maximum atomic E-state index is 13.9. The molecule has 0 unspecified atom stereocenters. The van der Waals surface area contributed by atoms with E-state index >= 15 is 0 Å². The highest BCUT2D eigenvalue weighted by Crippen LogP contribution is 2.27. The van der Waals surface area contributed by atoms with Gasteiger partial charge in [-0.15, -0.1) is 0 Å². The van der Waals surface area contributed by atoms with Crippen LogP contribution >= 0.6 is 0 Å². The summed E-state index contributed by atoms with van der Waals surface area (Å²) in [4.78, 5) is 0. The Morgan fingerprint density at radius 3 is 2.47 bits per heavy atom. The summed E-state index contributed by atoms with van der Waals surface area (Å²) < 4.78 is 27.3. The quantitative estimate of drug-likeness (QED) is 0.813. The van der Waals surface area contributed by atoms with Gasteiger partial charge < -0.3 is 5.73 Å². The van der Waals surface area contributed by atoms with Crippen molar-refractivity contribution in [1.29, 1.82) is 0 Å². The lowest BCUT2D eigenvalue weighted by molar-refractivity contribution is 0.607. The molecule has 0 spiro atoms. The molecule has 100 valence electrons. The first kappa shape index (κ1) is 13.5. The average molecular weight is 261 g/mol. The Morgan fingerprint density at radius 1 is 1.05 bits per heavy atom. The molecule has 0 aliphatic carbocycles. The van der Waals surface area contributed by atoms with Gasteiger partial charge in [-0.3, -0.25) is 0 Å². The van der Waals surface area contributed by atoms with Crippen LogP contribution in [0.4, 0.5) is 14.5 Å². The van der Waals surface area contributed by atoms with E-state index in [1.165, 1.54) is 0 Å². The molecule has 1 nitrogen and oxygen atoms in total. The Morgan fingerprint density at radius 2 is 1.79 bits per heavy atom. The third-order valence-electron chi connectivity index (χ3n) is 2.97. The van der Waals surface area contributed by atoms with Crippen molar-refractivity contribution in [3.8, 4) is 11.1 Å². The molecular formula is C16H17F2N. The lowest BCUT2D eigenvalue weighted by Gasteiger charge is -2.09. The van der Waals surface area contributed by atoms with Crippen molar-refractivity contribution in [3.05, 3.63) is 53.6 Å². The van der Waals surface area contributed by atoms with E-state index in [0.717, 1.165) is 24.1 Å². The molecule has 0 heterocycles. The van der Waals surface area contributed by atoms with Crippen LogP contribution < -0.4 is 5.73 Å². The number of rotatable bonds is 3. The third-order valence-corrected chi connectivity index (χ3v) is 2.97. The van der Waals surface area contributed by atoms with Crippen LogP contribution in [0, 0.1) is 17.6 Å². The molecule has 0 aliphatic heterocycles. The van der Waals surface area contributed by atoms with Gasteiger partial charge in [0.15, 0.2) is 0 Å². The topological polar surface area (TPSA) is 26.0 Å². The van der Waals surface area contributed by atoms with Crippen molar-refractivity contribution in [1.82, 2.24) is 0 Å². The van der Waals surface area contributed by atoms with Gasteiger partial charge in [-0.1, -0.05) is 38.1 Å². The predicted molar refractivity (Wildman–Crippen MR) is 74.7 cm³/mol. The summed E-state index contributed by atoms with van der Waals surface area (Å²) in [5.41, 5.74) is 7.22. The Kier molecular flexibility index (Phi) is 3.84. The fraction of sp³-hybridized carbons (Fsp3) is 0.250. The minimum Gasteiger partial charge on any atom is -0.396 e. The van der Waals surface area contributed by atoms with Crippen LogP contribution in [-0.4, -0.2) is 0 Å². The van der Waals surface area contributed by atoms with Gasteiger partial charge in [-0.25, -0.2) is 8.78 Å². The molecule has 2 rings (SSSR count). The molecule has 0 aliphatic rings. The molecule has 0 aromatic heterocycles. The lowest BCUT2D eigenvalue weighted by Crippen LogP contribution is -1.96. The lowest BCUT2D eigenvalue weighted by atomic mass is 9.97. The highest BCUT2D eigenvalue weighted by Gasteiger charge is 2.10. The first-order valence-electron chi connectivity index (χ1n) is 6.31. The molecule has 0 fully saturated rings. The Bertz CT molecular complexity index is 591. The number of benzene rings is 2. The van der Waals surface area contributed by atoms with E-state index in [4.69, 9.17) is 5.73 Å². The smallest absolute Gasteiger partial charge is 0.146 e. The van der Waals surface area contributed by atoms with E-state index in [0.29, 0.717) is 11.5 Å². The SMILES string of the molecule is CC(C)Cc1cccc(-c2cc(F)c(N)cc2F)c1. The fourth-order valence-electron chi connectivity index (χ4n) is 2.12.